The van der Waals surface area contributed by atoms with Crippen molar-refractivity contribution in [2.45, 2.75) is 25.6 Å². The van der Waals surface area contributed by atoms with Crippen molar-refractivity contribution < 1.29 is 18.3 Å². The van der Waals surface area contributed by atoms with Gasteiger partial charge in [0.15, 0.2) is 0 Å². The number of aliphatic hydroxyl groups is 1. The van der Waals surface area contributed by atoms with E-state index >= 15 is 0 Å². The monoisotopic (exact) mass is 325 g/mol. The maximum Gasteiger partial charge on any atom is 0.390 e. The molecule has 0 unspecified atom stereocenters. The Morgan fingerprint density at radius 3 is 2.44 bits per heavy atom. The average Bonchev–Trinajstić information content (AvgIpc) is 2.24. The maximum absolute atomic E-state index is 12.1. The zero-order valence-electron chi connectivity index (χ0n) is 10.1. The Hall–Kier alpha value is -0.750. The second-order valence-electron chi connectivity index (χ2n) is 4.17. The van der Waals surface area contributed by atoms with E-state index in [0.717, 1.165) is 5.56 Å². The van der Waals surface area contributed by atoms with Gasteiger partial charge < -0.3 is 10.0 Å². The van der Waals surface area contributed by atoms with Crippen LogP contribution >= 0.6 is 15.9 Å². The van der Waals surface area contributed by atoms with Gasteiger partial charge in [0.2, 0.25) is 0 Å². The number of benzene rings is 1. The third-order valence-electron chi connectivity index (χ3n) is 2.60. The van der Waals surface area contributed by atoms with E-state index in [4.69, 9.17) is 0 Å². The van der Waals surface area contributed by atoms with E-state index < -0.39 is 18.7 Å². The van der Waals surface area contributed by atoms with Crippen molar-refractivity contribution >= 4 is 21.6 Å². The highest BCUT2D eigenvalue weighted by Crippen LogP contribution is 2.30. The number of halogens is 4. The maximum atomic E-state index is 12.1. The van der Waals surface area contributed by atoms with Crippen LogP contribution in [0, 0.1) is 0 Å². The molecule has 0 aliphatic rings. The van der Waals surface area contributed by atoms with Crippen molar-refractivity contribution in [3.8, 4) is 0 Å². The van der Waals surface area contributed by atoms with Gasteiger partial charge in [-0.05, 0) is 40.5 Å². The first kappa shape index (κ1) is 15.3. The van der Waals surface area contributed by atoms with Gasteiger partial charge in [0, 0.05) is 18.1 Å². The van der Waals surface area contributed by atoms with Gasteiger partial charge in [0.1, 0.15) is 0 Å². The van der Waals surface area contributed by atoms with Gasteiger partial charge in [-0.15, -0.1) is 0 Å². The molecule has 0 amide bonds. The van der Waals surface area contributed by atoms with E-state index in [1.807, 2.05) is 0 Å². The Balaban J connectivity index is 2.77. The number of nitrogens with zero attached hydrogens (tertiary/aromatic N) is 1. The molecule has 0 aliphatic carbocycles. The van der Waals surface area contributed by atoms with Gasteiger partial charge in [0.05, 0.1) is 18.2 Å². The van der Waals surface area contributed by atoms with Gasteiger partial charge in [-0.2, -0.15) is 13.2 Å². The van der Waals surface area contributed by atoms with Crippen LogP contribution in [-0.4, -0.2) is 24.9 Å². The highest BCUT2D eigenvalue weighted by Gasteiger charge is 2.27. The minimum absolute atomic E-state index is 0.101. The second-order valence-corrected chi connectivity index (χ2v) is 5.03. The zero-order chi connectivity index (χ0) is 13.9. The molecule has 0 aromatic heterocycles. The second kappa shape index (κ2) is 5.93. The number of aliphatic hydroxyl groups excluding tert-OH is 1. The zero-order valence-corrected chi connectivity index (χ0v) is 11.7. The van der Waals surface area contributed by atoms with Gasteiger partial charge >= 0.3 is 6.18 Å². The molecule has 6 heteroatoms. The molecule has 1 N–H and O–H groups in total. The lowest BCUT2D eigenvalue weighted by atomic mass is 10.1. The van der Waals surface area contributed by atoms with Gasteiger partial charge in [0.25, 0.3) is 0 Å². The fraction of sp³-hybridized carbons (Fsp3) is 0.500. The first-order valence-electron chi connectivity index (χ1n) is 5.46. The molecule has 0 bridgehead atoms. The van der Waals surface area contributed by atoms with Gasteiger partial charge in [-0.1, -0.05) is 6.07 Å². The lowest BCUT2D eigenvalue weighted by Crippen LogP contribution is -2.24. The summed E-state index contributed by atoms with van der Waals surface area (Å²) in [7, 11) is 1.61. The summed E-state index contributed by atoms with van der Waals surface area (Å²) in [6.07, 6.45) is -5.61. The fourth-order valence-electron chi connectivity index (χ4n) is 1.51. The van der Waals surface area contributed by atoms with E-state index in [9.17, 15) is 18.3 Å². The molecule has 1 rings (SSSR count). The number of hydrogen-bond acceptors (Lipinski definition) is 2. The van der Waals surface area contributed by atoms with Crippen LogP contribution in [0.25, 0.3) is 0 Å². The molecule has 1 aromatic rings. The Morgan fingerprint density at radius 2 is 2.00 bits per heavy atom. The summed E-state index contributed by atoms with van der Waals surface area (Å²) >= 11 is 3.30. The van der Waals surface area contributed by atoms with Crippen LogP contribution in [-0.2, 0) is 0 Å². The molecule has 102 valence electrons. The molecule has 0 fully saturated rings. The predicted molar refractivity (Wildman–Crippen MR) is 68.7 cm³/mol. The molecule has 0 aliphatic heterocycles. The van der Waals surface area contributed by atoms with E-state index in [2.05, 4.69) is 15.9 Å². The largest absolute Gasteiger partial charge is 0.390 e. The number of hydrogen-bond donors (Lipinski definition) is 1. The minimum atomic E-state index is -4.15. The molecule has 0 saturated carbocycles. The lowest BCUT2D eigenvalue weighted by Gasteiger charge is -2.22. The summed E-state index contributed by atoms with van der Waals surface area (Å²) in [4.78, 5) is 1.53. The molecule has 0 spiro atoms. The van der Waals surface area contributed by atoms with Crippen molar-refractivity contribution in [2.75, 3.05) is 18.5 Å². The quantitative estimate of drug-likeness (QED) is 0.907. The van der Waals surface area contributed by atoms with E-state index in [1.54, 1.807) is 32.2 Å². The van der Waals surface area contributed by atoms with Crippen molar-refractivity contribution in [1.29, 1.82) is 0 Å². The Kier molecular flexibility index (Phi) is 5.04. The van der Waals surface area contributed by atoms with Crippen LogP contribution in [0.4, 0.5) is 18.9 Å². The van der Waals surface area contributed by atoms with Gasteiger partial charge in [-0.3, -0.25) is 0 Å². The van der Waals surface area contributed by atoms with Crippen LogP contribution in [0.5, 0.6) is 0 Å². The van der Waals surface area contributed by atoms with E-state index in [-0.39, 0.29) is 6.54 Å². The molecule has 2 nitrogen and oxygen atoms in total. The first-order chi connectivity index (χ1) is 8.20. The first-order valence-corrected chi connectivity index (χ1v) is 6.25. The Bertz CT molecular complexity index is 407. The third-order valence-corrected chi connectivity index (χ3v) is 3.23. The summed E-state index contributed by atoms with van der Waals surface area (Å²) in [5, 5.41) is 9.40. The van der Waals surface area contributed by atoms with Crippen molar-refractivity contribution in [2.24, 2.45) is 0 Å². The SMILES string of the molecule is C[C@@H](O)c1ccc(N(C)CCC(F)(F)F)c(Br)c1. The summed E-state index contributed by atoms with van der Waals surface area (Å²) in [5.74, 6) is 0. The predicted octanol–water partition coefficient (Wildman–Crippen LogP) is 3.89. The Morgan fingerprint density at radius 1 is 1.39 bits per heavy atom. The highest BCUT2D eigenvalue weighted by molar-refractivity contribution is 9.10. The van der Waals surface area contributed by atoms with Crippen molar-refractivity contribution in [3.05, 3.63) is 28.2 Å². The standard InChI is InChI=1S/C12H15BrF3NO/c1-8(18)9-3-4-11(10(13)7-9)17(2)6-5-12(14,15)16/h3-4,7-8,18H,5-6H2,1-2H3/t8-/m1/s1. The van der Waals surface area contributed by atoms with Crippen molar-refractivity contribution in [1.82, 2.24) is 0 Å². The van der Waals surface area contributed by atoms with Gasteiger partial charge in [-0.25, -0.2) is 0 Å². The summed E-state index contributed by atoms with van der Waals surface area (Å²) in [6.45, 7) is 1.53. The highest BCUT2D eigenvalue weighted by atomic mass is 79.9. The summed E-state index contributed by atoms with van der Waals surface area (Å²) in [5.41, 5.74) is 1.39. The molecule has 0 heterocycles. The molecule has 1 aromatic carbocycles. The number of anilines is 1. The fourth-order valence-corrected chi connectivity index (χ4v) is 2.21. The minimum Gasteiger partial charge on any atom is -0.389 e. The Labute approximate surface area is 113 Å². The molecular formula is C12H15BrF3NO. The molecule has 18 heavy (non-hydrogen) atoms. The molecular weight excluding hydrogens is 311 g/mol. The van der Waals surface area contributed by atoms with Crippen LogP contribution < -0.4 is 4.90 Å². The molecule has 0 saturated heterocycles. The van der Waals surface area contributed by atoms with Crippen molar-refractivity contribution in [3.63, 3.8) is 0 Å². The molecule has 1 atom stereocenters. The smallest absolute Gasteiger partial charge is 0.389 e. The van der Waals surface area contributed by atoms with Crippen LogP contribution in [0.15, 0.2) is 22.7 Å². The van der Waals surface area contributed by atoms with E-state index in [1.165, 1.54) is 4.90 Å². The van der Waals surface area contributed by atoms with E-state index in [0.29, 0.717) is 10.2 Å². The third kappa shape index (κ3) is 4.49. The van der Waals surface area contributed by atoms with Crippen LogP contribution in [0.3, 0.4) is 0 Å². The summed E-state index contributed by atoms with van der Waals surface area (Å²) < 4.78 is 37.1. The molecule has 0 radical (unpaired) electrons. The number of rotatable bonds is 4. The summed E-state index contributed by atoms with van der Waals surface area (Å²) in [6, 6.07) is 5.11. The van der Waals surface area contributed by atoms with Crippen LogP contribution in [0.1, 0.15) is 25.0 Å². The lowest BCUT2D eigenvalue weighted by molar-refractivity contribution is -0.132. The normalized spacial score (nSPS) is 13.5. The number of alkyl halides is 3. The topological polar surface area (TPSA) is 23.5 Å². The van der Waals surface area contributed by atoms with Crippen LogP contribution in [0.2, 0.25) is 0 Å². The average molecular weight is 326 g/mol.